The summed E-state index contributed by atoms with van der Waals surface area (Å²) in [5.41, 5.74) is -0.800. The van der Waals surface area contributed by atoms with Gasteiger partial charge in [-0.25, -0.2) is 4.98 Å². The van der Waals surface area contributed by atoms with Gasteiger partial charge in [-0.1, -0.05) is 0 Å². The lowest BCUT2D eigenvalue weighted by Crippen LogP contribution is -2.53. The molecule has 0 atom stereocenters. The average molecular weight is 338 g/mol. The Morgan fingerprint density at radius 2 is 2.16 bits per heavy atom. The van der Waals surface area contributed by atoms with E-state index in [1.165, 1.54) is 0 Å². The molecule has 19 heavy (non-hydrogen) atoms. The minimum Gasteiger partial charge on any atom is -0.359 e. The standard InChI is InChI=1S/C11H11BrF3N3O/c1-16-10(19)6-4-18(5-6)9-8(12)2-7(3-17-9)11(13,14)15/h2-3,6H,4-5H2,1H3,(H,16,19). The highest BCUT2D eigenvalue weighted by molar-refractivity contribution is 9.10. The Labute approximate surface area is 116 Å². The molecule has 1 aliphatic rings. The SMILES string of the molecule is CNC(=O)C1CN(c2ncc(C(F)(F)F)cc2Br)C1. The number of carbonyl (C=O) groups is 1. The summed E-state index contributed by atoms with van der Waals surface area (Å²) in [5.74, 6) is 0.216. The lowest BCUT2D eigenvalue weighted by Gasteiger charge is -2.39. The third-order valence-electron chi connectivity index (χ3n) is 2.95. The van der Waals surface area contributed by atoms with Gasteiger partial charge in [-0.05, 0) is 22.0 Å². The maximum absolute atomic E-state index is 12.5. The fourth-order valence-corrected chi connectivity index (χ4v) is 2.44. The number of hydrogen-bond acceptors (Lipinski definition) is 3. The Hall–Kier alpha value is -1.31. The van der Waals surface area contributed by atoms with Crippen LogP contribution in [0.2, 0.25) is 0 Å². The van der Waals surface area contributed by atoms with Crippen molar-refractivity contribution in [3.63, 3.8) is 0 Å². The summed E-state index contributed by atoms with van der Waals surface area (Å²) in [6.45, 7) is 0.910. The van der Waals surface area contributed by atoms with E-state index in [2.05, 4.69) is 26.2 Å². The van der Waals surface area contributed by atoms with Crippen molar-refractivity contribution in [2.45, 2.75) is 6.18 Å². The number of nitrogens with zero attached hydrogens (tertiary/aromatic N) is 2. The molecule has 4 nitrogen and oxygen atoms in total. The second-order valence-electron chi connectivity index (χ2n) is 4.24. The van der Waals surface area contributed by atoms with E-state index in [0.717, 1.165) is 12.3 Å². The third-order valence-corrected chi connectivity index (χ3v) is 3.53. The number of rotatable bonds is 2. The molecule has 0 aromatic carbocycles. The predicted molar refractivity (Wildman–Crippen MR) is 66.7 cm³/mol. The Morgan fingerprint density at radius 3 is 2.63 bits per heavy atom. The molecular formula is C11H11BrF3N3O. The molecule has 1 aromatic heterocycles. The molecular weight excluding hydrogens is 327 g/mol. The van der Waals surface area contributed by atoms with Gasteiger partial charge in [0.05, 0.1) is 16.0 Å². The van der Waals surface area contributed by atoms with Crippen LogP contribution in [0.4, 0.5) is 19.0 Å². The van der Waals surface area contributed by atoms with E-state index in [9.17, 15) is 18.0 Å². The van der Waals surface area contributed by atoms with Gasteiger partial charge < -0.3 is 10.2 Å². The molecule has 1 fully saturated rings. The Balaban J connectivity index is 2.10. The van der Waals surface area contributed by atoms with E-state index in [1.807, 2.05) is 0 Å². The van der Waals surface area contributed by atoms with Gasteiger partial charge in [-0.2, -0.15) is 13.2 Å². The van der Waals surface area contributed by atoms with Gasteiger partial charge in [0.1, 0.15) is 5.82 Å². The van der Waals surface area contributed by atoms with Crippen molar-refractivity contribution in [1.82, 2.24) is 10.3 Å². The molecule has 1 N–H and O–H groups in total. The molecule has 0 aliphatic carbocycles. The van der Waals surface area contributed by atoms with Gasteiger partial charge in [-0.3, -0.25) is 4.79 Å². The molecule has 2 heterocycles. The number of alkyl halides is 3. The second-order valence-corrected chi connectivity index (χ2v) is 5.10. The molecule has 0 unspecified atom stereocenters. The van der Waals surface area contributed by atoms with Gasteiger partial charge in [0.2, 0.25) is 5.91 Å². The zero-order valence-corrected chi connectivity index (χ0v) is 11.5. The van der Waals surface area contributed by atoms with Crippen LogP contribution in [0.25, 0.3) is 0 Å². The summed E-state index contributed by atoms with van der Waals surface area (Å²) < 4.78 is 37.7. The van der Waals surface area contributed by atoms with Crippen LogP contribution < -0.4 is 10.2 Å². The number of amides is 1. The van der Waals surface area contributed by atoms with Crippen LogP contribution in [-0.2, 0) is 11.0 Å². The van der Waals surface area contributed by atoms with Crippen molar-refractivity contribution in [2.24, 2.45) is 5.92 Å². The fraction of sp³-hybridized carbons (Fsp3) is 0.455. The molecule has 0 bridgehead atoms. The van der Waals surface area contributed by atoms with Crippen molar-refractivity contribution in [3.05, 3.63) is 22.3 Å². The molecule has 1 saturated heterocycles. The Morgan fingerprint density at radius 1 is 1.53 bits per heavy atom. The van der Waals surface area contributed by atoms with Crippen molar-refractivity contribution in [3.8, 4) is 0 Å². The summed E-state index contributed by atoms with van der Waals surface area (Å²) in [6, 6.07) is 0.996. The van der Waals surface area contributed by atoms with Crippen molar-refractivity contribution in [2.75, 3.05) is 25.0 Å². The first-order valence-corrected chi connectivity index (χ1v) is 6.31. The van der Waals surface area contributed by atoms with E-state index in [4.69, 9.17) is 0 Å². The van der Waals surface area contributed by atoms with Gasteiger partial charge in [0, 0.05) is 26.3 Å². The smallest absolute Gasteiger partial charge is 0.359 e. The maximum atomic E-state index is 12.5. The topological polar surface area (TPSA) is 45.2 Å². The number of pyridine rings is 1. The molecule has 0 radical (unpaired) electrons. The lowest BCUT2D eigenvalue weighted by molar-refractivity contribution is -0.137. The minimum atomic E-state index is -4.41. The second kappa shape index (κ2) is 4.99. The number of carbonyl (C=O) groups excluding carboxylic acids is 1. The largest absolute Gasteiger partial charge is 0.417 e. The highest BCUT2D eigenvalue weighted by Gasteiger charge is 2.36. The molecule has 104 valence electrons. The summed E-state index contributed by atoms with van der Waals surface area (Å²) in [4.78, 5) is 16.9. The molecule has 0 saturated carbocycles. The van der Waals surface area contributed by atoms with Crippen molar-refractivity contribution >= 4 is 27.7 Å². The summed E-state index contributed by atoms with van der Waals surface area (Å²) in [6.07, 6.45) is -3.61. The van der Waals surface area contributed by atoms with E-state index in [0.29, 0.717) is 18.9 Å². The van der Waals surface area contributed by atoms with Gasteiger partial charge in [0.25, 0.3) is 0 Å². The number of nitrogens with one attached hydrogen (secondary N) is 1. The highest BCUT2D eigenvalue weighted by atomic mass is 79.9. The molecule has 8 heteroatoms. The van der Waals surface area contributed by atoms with Crippen LogP contribution >= 0.6 is 15.9 Å². The van der Waals surface area contributed by atoms with Gasteiger partial charge >= 0.3 is 6.18 Å². The van der Waals surface area contributed by atoms with E-state index >= 15 is 0 Å². The normalized spacial score (nSPS) is 16.2. The van der Waals surface area contributed by atoms with Crippen molar-refractivity contribution in [1.29, 1.82) is 0 Å². The molecule has 1 amide bonds. The number of hydrogen-bond donors (Lipinski definition) is 1. The van der Waals surface area contributed by atoms with E-state index in [-0.39, 0.29) is 16.3 Å². The monoisotopic (exact) mass is 337 g/mol. The van der Waals surface area contributed by atoms with Crippen LogP contribution in [0.3, 0.4) is 0 Å². The number of halogens is 4. The zero-order chi connectivity index (χ0) is 14.2. The Bertz CT molecular complexity index is 500. The zero-order valence-electron chi connectivity index (χ0n) is 9.96. The minimum absolute atomic E-state index is 0.0701. The van der Waals surface area contributed by atoms with Crippen LogP contribution in [0, 0.1) is 5.92 Å². The van der Waals surface area contributed by atoms with E-state index in [1.54, 1.807) is 11.9 Å². The summed E-state index contributed by atoms with van der Waals surface area (Å²) >= 11 is 3.08. The quantitative estimate of drug-likeness (QED) is 0.898. The third kappa shape index (κ3) is 2.83. The lowest BCUT2D eigenvalue weighted by atomic mass is 9.99. The molecule has 1 aromatic rings. The van der Waals surface area contributed by atoms with Gasteiger partial charge in [0.15, 0.2) is 0 Å². The first kappa shape index (κ1) is 14.1. The van der Waals surface area contributed by atoms with Crippen LogP contribution in [0.5, 0.6) is 0 Å². The average Bonchev–Trinajstić information content (AvgIpc) is 2.27. The molecule has 2 rings (SSSR count). The molecule has 0 spiro atoms. The highest BCUT2D eigenvalue weighted by Crippen LogP contribution is 2.35. The fourth-order valence-electron chi connectivity index (χ4n) is 1.84. The van der Waals surface area contributed by atoms with Gasteiger partial charge in [-0.15, -0.1) is 0 Å². The predicted octanol–water partition coefficient (Wildman–Crippen LogP) is 2.05. The summed E-state index contributed by atoms with van der Waals surface area (Å²) in [5, 5.41) is 2.54. The maximum Gasteiger partial charge on any atom is 0.417 e. The van der Waals surface area contributed by atoms with Crippen molar-refractivity contribution < 1.29 is 18.0 Å². The summed E-state index contributed by atoms with van der Waals surface area (Å²) in [7, 11) is 1.55. The Kier molecular flexibility index (Phi) is 3.71. The number of aromatic nitrogens is 1. The van der Waals surface area contributed by atoms with Crippen LogP contribution in [0.15, 0.2) is 16.7 Å². The van der Waals surface area contributed by atoms with Crippen LogP contribution in [-0.4, -0.2) is 31.0 Å². The first-order chi connectivity index (χ1) is 8.82. The molecule has 1 aliphatic heterocycles. The van der Waals surface area contributed by atoms with Crippen LogP contribution in [0.1, 0.15) is 5.56 Å². The van der Waals surface area contributed by atoms with E-state index < -0.39 is 11.7 Å². The first-order valence-electron chi connectivity index (χ1n) is 5.52. The number of anilines is 1.